The smallest absolute Gasteiger partial charge is 0.223 e. The minimum absolute atomic E-state index is 0.340. The lowest BCUT2D eigenvalue weighted by Crippen LogP contribution is -2.14. The zero-order chi connectivity index (χ0) is 11.3. The summed E-state index contributed by atoms with van der Waals surface area (Å²) in [5.74, 6) is 0.552. The topological polar surface area (TPSA) is 48.1 Å². The Hall–Kier alpha value is -1.16. The molecule has 0 bridgehead atoms. The number of hydrogen-bond donors (Lipinski definition) is 1. The van der Waals surface area contributed by atoms with Crippen LogP contribution in [0.4, 0.5) is 0 Å². The van der Waals surface area contributed by atoms with Crippen molar-refractivity contribution >= 4 is 17.2 Å². The number of thiocarbonyl (C=S) groups is 1. The Kier molecular flexibility index (Phi) is 4.49. The highest BCUT2D eigenvalue weighted by atomic mass is 32.1. The second-order valence-corrected chi connectivity index (χ2v) is 3.81. The van der Waals surface area contributed by atoms with Crippen molar-refractivity contribution in [3.8, 4) is 5.88 Å². The molecule has 1 rings (SSSR count). The Bertz CT molecular complexity index is 352. The molecule has 82 valence electrons. The summed E-state index contributed by atoms with van der Waals surface area (Å²) in [4.78, 5) is 4.48. The van der Waals surface area contributed by atoms with E-state index < -0.39 is 0 Å². The molecule has 0 saturated carbocycles. The summed E-state index contributed by atoms with van der Waals surface area (Å²) < 4.78 is 5.54. The molecule has 0 radical (unpaired) electrons. The van der Waals surface area contributed by atoms with Gasteiger partial charge in [-0.05, 0) is 25.0 Å². The van der Waals surface area contributed by atoms with Gasteiger partial charge in [0.05, 0.1) is 12.2 Å². The molecule has 0 unspecified atom stereocenters. The lowest BCUT2D eigenvalue weighted by molar-refractivity contribution is 0.297. The quantitative estimate of drug-likeness (QED) is 0.615. The fourth-order valence-corrected chi connectivity index (χ4v) is 1.50. The van der Waals surface area contributed by atoms with Gasteiger partial charge in [0.15, 0.2) is 0 Å². The summed E-state index contributed by atoms with van der Waals surface area (Å²) in [6.45, 7) is 4.72. The highest BCUT2D eigenvalue weighted by Gasteiger charge is 2.10. The van der Waals surface area contributed by atoms with E-state index in [1.165, 1.54) is 0 Å². The van der Waals surface area contributed by atoms with Gasteiger partial charge >= 0.3 is 0 Å². The lowest BCUT2D eigenvalue weighted by Gasteiger charge is -2.10. The first-order valence-corrected chi connectivity index (χ1v) is 5.45. The summed E-state index contributed by atoms with van der Waals surface area (Å²) in [5, 5.41) is 0. The largest absolute Gasteiger partial charge is 0.477 e. The third kappa shape index (κ3) is 3.16. The maximum Gasteiger partial charge on any atom is 0.223 e. The van der Waals surface area contributed by atoms with E-state index in [4.69, 9.17) is 22.7 Å². The van der Waals surface area contributed by atoms with Gasteiger partial charge in [-0.15, -0.1) is 0 Å². The fourth-order valence-electron chi connectivity index (χ4n) is 1.26. The maximum absolute atomic E-state index is 5.63. The van der Waals surface area contributed by atoms with E-state index in [-0.39, 0.29) is 0 Å². The van der Waals surface area contributed by atoms with Crippen molar-refractivity contribution in [3.05, 3.63) is 23.4 Å². The average molecular weight is 224 g/mol. The molecular weight excluding hydrogens is 208 g/mol. The zero-order valence-electron chi connectivity index (χ0n) is 9.12. The Labute approximate surface area is 95.7 Å². The normalized spacial score (nSPS) is 10.0. The van der Waals surface area contributed by atoms with Crippen LogP contribution in [0.15, 0.2) is 12.3 Å². The van der Waals surface area contributed by atoms with Crippen molar-refractivity contribution in [3.63, 3.8) is 0 Å². The number of ether oxygens (including phenoxy) is 1. The van der Waals surface area contributed by atoms with Crippen molar-refractivity contribution in [2.75, 3.05) is 6.61 Å². The Balaban J connectivity index is 2.86. The van der Waals surface area contributed by atoms with Gasteiger partial charge in [-0.3, -0.25) is 0 Å². The molecule has 3 nitrogen and oxygen atoms in total. The molecule has 1 heterocycles. The van der Waals surface area contributed by atoms with Crippen molar-refractivity contribution in [1.29, 1.82) is 0 Å². The van der Waals surface area contributed by atoms with Crippen LogP contribution in [-0.4, -0.2) is 16.6 Å². The number of nitrogens with two attached hydrogens (primary N) is 1. The van der Waals surface area contributed by atoms with Gasteiger partial charge < -0.3 is 10.5 Å². The molecule has 1 aromatic rings. The molecule has 0 spiro atoms. The highest BCUT2D eigenvalue weighted by Crippen LogP contribution is 2.18. The predicted octanol–water partition coefficient (Wildman–Crippen LogP) is 2.20. The molecule has 0 amide bonds. The molecular formula is C11H16N2OS. The Morgan fingerprint density at radius 2 is 2.33 bits per heavy atom. The standard InChI is InChI=1S/C11H16N2OS/c1-3-4-7-14-11-9(10(12)15)8(2)5-6-13-11/h5-6H,3-4,7H2,1-2H3,(H2,12,15). The Morgan fingerprint density at radius 3 is 2.93 bits per heavy atom. The number of pyridine rings is 1. The summed E-state index contributed by atoms with van der Waals surface area (Å²) in [5.41, 5.74) is 7.39. The van der Waals surface area contributed by atoms with Crippen LogP contribution in [0.25, 0.3) is 0 Å². The molecule has 4 heteroatoms. The molecule has 1 aromatic heterocycles. The van der Waals surface area contributed by atoms with Gasteiger partial charge in [0.1, 0.15) is 4.99 Å². The van der Waals surface area contributed by atoms with Crippen LogP contribution in [0, 0.1) is 6.92 Å². The van der Waals surface area contributed by atoms with Gasteiger partial charge in [-0.2, -0.15) is 0 Å². The van der Waals surface area contributed by atoms with E-state index in [1.54, 1.807) is 6.20 Å². The molecule has 0 aliphatic heterocycles. The van der Waals surface area contributed by atoms with E-state index in [2.05, 4.69) is 11.9 Å². The maximum atomic E-state index is 5.63. The number of aryl methyl sites for hydroxylation is 1. The second-order valence-electron chi connectivity index (χ2n) is 3.37. The van der Waals surface area contributed by atoms with E-state index in [0.29, 0.717) is 17.5 Å². The van der Waals surface area contributed by atoms with Gasteiger partial charge in [0.2, 0.25) is 5.88 Å². The molecule has 2 N–H and O–H groups in total. The van der Waals surface area contributed by atoms with E-state index >= 15 is 0 Å². The molecule has 15 heavy (non-hydrogen) atoms. The zero-order valence-corrected chi connectivity index (χ0v) is 9.93. The van der Waals surface area contributed by atoms with E-state index in [0.717, 1.165) is 24.0 Å². The number of unbranched alkanes of at least 4 members (excludes halogenated alkanes) is 1. The first-order valence-electron chi connectivity index (χ1n) is 5.05. The lowest BCUT2D eigenvalue weighted by atomic mass is 10.1. The molecule has 0 fully saturated rings. The van der Waals surface area contributed by atoms with E-state index in [1.807, 2.05) is 13.0 Å². The second kappa shape index (κ2) is 5.66. The van der Waals surface area contributed by atoms with Crippen LogP contribution in [0.3, 0.4) is 0 Å². The summed E-state index contributed by atoms with van der Waals surface area (Å²) in [6, 6.07) is 1.88. The number of nitrogens with zero attached hydrogens (tertiary/aromatic N) is 1. The number of rotatable bonds is 5. The van der Waals surface area contributed by atoms with Crippen molar-refractivity contribution in [2.24, 2.45) is 5.73 Å². The van der Waals surface area contributed by atoms with Crippen molar-refractivity contribution in [2.45, 2.75) is 26.7 Å². The van der Waals surface area contributed by atoms with Crippen LogP contribution in [0.5, 0.6) is 5.88 Å². The first kappa shape index (κ1) is 11.9. The fraction of sp³-hybridized carbons (Fsp3) is 0.455. The predicted molar refractivity (Wildman–Crippen MR) is 65.3 cm³/mol. The first-order chi connectivity index (χ1) is 7.16. The van der Waals surface area contributed by atoms with Gasteiger partial charge in [-0.1, -0.05) is 25.6 Å². The van der Waals surface area contributed by atoms with Crippen molar-refractivity contribution in [1.82, 2.24) is 4.98 Å². The van der Waals surface area contributed by atoms with E-state index in [9.17, 15) is 0 Å². The van der Waals surface area contributed by atoms with Crippen LogP contribution in [0.2, 0.25) is 0 Å². The summed E-state index contributed by atoms with van der Waals surface area (Å²) >= 11 is 4.97. The van der Waals surface area contributed by atoms with Crippen molar-refractivity contribution < 1.29 is 4.74 Å². The van der Waals surface area contributed by atoms with Gasteiger partial charge in [0, 0.05) is 6.20 Å². The molecule has 0 atom stereocenters. The Morgan fingerprint density at radius 1 is 1.60 bits per heavy atom. The van der Waals surface area contributed by atoms with Crippen LogP contribution < -0.4 is 10.5 Å². The molecule has 0 saturated heterocycles. The third-order valence-corrected chi connectivity index (χ3v) is 2.31. The van der Waals surface area contributed by atoms with Crippen LogP contribution in [0.1, 0.15) is 30.9 Å². The van der Waals surface area contributed by atoms with Gasteiger partial charge in [0.25, 0.3) is 0 Å². The van der Waals surface area contributed by atoms with Gasteiger partial charge in [-0.25, -0.2) is 4.98 Å². The molecule has 0 aromatic carbocycles. The SMILES string of the molecule is CCCCOc1nccc(C)c1C(N)=S. The highest BCUT2D eigenvalue weighted by molar-refractivity contribution is 7.80. The minimum atomic E-state index is 0.340. The number of aromatic nitrogens is 1. The number of hydrogen-bond acceptors (Lipinski definition) is 3. The van der Waals surface area contributed by atoms with Crippen LogP contribution in [-0.2, 0) is 0 Å². The average Bonchev–Trinajstić information content (AvgIpc) is 2.17. The molecule has 0 aliphatic rings. The summed E-state index contributed by atoms with van der Waals surface area (Å²) in [6.07, 6.45) is 3.80. The minimum Gasteiger partial charge on any atom is -0.477 e. The summed E-state index contributed by atoms with van der Waals surface area (Å²) in [7, 11) is 0. The third-order valence-electron chi connectivity index (χ3n) is 2.11. The monoisotopic (exact) mass is 224 g/mol. The van der Waals surface area contributed by atoms with Crippen LogP contribution >= 0.6 is 12.2 Å². The molecule has 0 aliphatic carbocycles.